The number of hydrogen-bond acceptors (Lipinski definition) is 2. The van der Waals surface area contributed by atoms with Crippen LogP contribution in [-0.2, 0) is 17.8 Å². The zero-order valence-electron chi connectivity index (χ0n) is 15.9. The molecule has 0 atom stereocenters. The van der Waals surface area contributed by atoms with Crippen LogP contribution in [0.2, 0.25) is 0 Å². The number of carbonyl (C=O) groups is 1. The van der Waals surface area contributed by atoms with Crippen LogP contribution in [0.15, 0.2) is 48.5 Å². The molecule has 0 bridgehead atoms. The van der Waals surface area contributed by atoms with Crippen LogP contribution in [0.25, 0.3) is 11.1 Å². The molecule has 0 spiro atoms. The molecule has 2 aromatic rings. The van der Waals surface area contributed by atoms with Gasteiger partial charge in [-0.2, -0.15) is 0 Å². The van der Waals surface area contributed by atoms with Crippen molar-refractivity contribution in [3.63, 3.8) is 0 Å². The second kappa shape index (κ2) is 8.05. The maximum absolute atomic E-state index is 11.1. The van der Waals surface area contributed by atoms with Crippen molar-refractivity contribution in [2.75, 3.05) is 0 Å². The highest BCUT2D eigenvalue weighted by atomic mass is 16.1. The highest BCUT2D eigenvalue weighted by Gasteiger charge is 2.26. The van der Waals surface area contributed by atoms with E-state index in [0.29, 0.717) is 11.5 Å². The van der Waals surface area contributed by atoms with Crippen LogP contribution < -0.4 is 11.1 Å². The van der Waals surface area contributed by atoms with Crippen LogP contribution >= 0.6 is 0 Å². The Hall–Kier alpha value is -2.13. The summed E-state index contributed by atoms with van der Waals surface area (Å²) in [5, 5.41) is 3.71. The third kappa shape index (κ3) is 5.18. The average molecular weight is 351 g/mol. The molecule has 3 N–H and O–H groups in total. The van der Waals surface area contributed by atoms with Crippen molar-refractivity contribution in [2.24, 2.45) is 11.1 Å². The first-order valence-corrected chi connectivity index (χ1v) is 9.61. The fourth-order valence-electron chi connectivity index (χ4n) is 3.74. The summed E-state index contributed by atoms with van der Waals surface area (Å²) in [7, 11) is 0. The van der Waals surface area contributed by atoms with Gasteiger partial charge in [-0.25, -0.2) is 0 Å². The highest BCUT2D eigenvalue weighted by Crippen LogP contribution is 2.35. The van der Waals surface area contributed by atoms with Crippen LogP contribution in [-0.4, -0.2) is 11.9 Å². The smallest absolute Gasteiger partial charge is 0.221 e. The van der Waals surface area contributed by atoms with Gasteiger partial charge in [0.15, 0.2) is 0 Å². The van der Waals surface area contributed by atoms with Crippen molar-refractivity contribution in [3.8, 4) is 11.1 Å². The Balaban J connectivity index is 1.58. The lowest BCUT2D eigenvalue weighted by atomic mass is 9.75. The van der Waals surface area contributed by atoms with Gasteiger partial charge in [-0.15, -0.1) is 0 Å². The molecule has 3 heteroatoms. The summed E-state index contributed by atoms with van der Waals surface area (Å²) in [5.41, 5.74) is 10.4. The van der Waals surface area contributed by atoms with Crippen molar-refractivity contribution in [1.29, 1.82) is 0 Å². The number of rotatable bonds is 6. The Kier molecular flexibility index (Phi) is 5.77. The zero-order valence-corrected chi connectivity index (χ0v) is 15.9. The van der Waals surface area contributed by atoms with Gasteiger partial charge in [0, 0.05) is 12.6 Å². The van der Waals surface area contributed by atoms with Gasteiger partial charge in [0.05, 0.1) is 6.42 Å². The highest BCUT2D eigenvalue weighted by molar-refractivity contribution is 5.77. The minimum atomic E-state index is -0.297. The number of carbonyl (C=O) groups excluding carboxylic acids is 1. The molecule has 0 aromatic heterocycles. The van der Waals surface area contributed by atoms with Crippen LogP contribution in [0.4, 0.5) is 0 Å². The Morgan fingerprint density at radius 1 is 1.04 bits per heavy atom. The van der Waals surface area contributed by atoms with E-state index >= 15 is 0 Å². The Labute approximate surface area is 157 Å². The summed E-state index contributed by atoms with van der Waals surface area (Å²) in [6.07, 6.45) is 5.46. The molecule has 3 nitrogen and oxygen atoms in total. The van der Waals surface area contributed by atoms with Crippen molar-refractivity contribution < 1.29 is 4.79 Å². The summed E-state index contributed by atoms with van der Waals surface area (Å²) in [4.78, 5) is 11.1. The van der Waals surface area contributed by atoms with Gasteiger partial charge in [-0.05, 0) is 53.4 Å². The summed E-state index contributed by atoms with van der Waals surface area (Å²) in [6, 6.07) is 17.4. The van der Waals surface area contributed by atoms with Crippen LogP contribution in [0.3, 0.4) is 0 Å². The second-order valence-electron chi connectivity index (χ2n) is 8.36. The summed E-state index contributed by atoms with van der Waals surface area (Å²) >= 11 is 0. The topological polar surface area (TPSA) is 55.1 Å². The molecule has 1 saturated carbocycles. The zero-order chi connectivity index (χ0) is 18.6. The Bertz CT molecular complexity index is 739. The van der Waals surface area contributed by atoms with E-state index < -0.39 is 0 Å². The molecule has 3 rings (SSSR count). The quantitative estimate of drug-likeness (QED) is 0.809. The van der Waals surface area contributed by atoms with E-state index in [2.05, 4.69) is 49.5 Å². The molecule has 0 unspecified atom stereocenters. The summed E-state index contributed by atoms with van der Waals surface area (Å²) in [6.45, 7) is 5.67. The second-order valence-corrected chi connectivity index (χ2v) is 8.36. The van der Waals surface area contributed by atoms with Gasteiger partial charge < -0.3 is 11.1 Å². The van der Waals surface area contributed by atoms with Crippen LogP contribution in [0, 0.1) is 5.41 Å². The van der Waals surface area contributed by atoms with Gasteiger partial charge in [0.25, 0.3) is 0 Å². The molecular formula is C23H30N2O. The molecule has 1 amide bonds. The molecule has 138 valence electrons. The number of amides is 1. The van der Waals surface area contributed by atoms with Gasteiger partial charge in [-0.3, -0.25) is 4.79 Å². The van der Waals surface area contributed by atoms with Gasteiger partial charge >= 0.3 is 0 Å². The molecule has 26 heavy (non-hydrogen) atoms. The summed E-state index contributed by atoms with van der Waals surface area (Å²) in [5.74, 6) is -0.297. The number of nitrogens with two attached hydrogens (primary N) is 1. The van der Waals surface area contributed by atoms with E-state index in [0.717, 1.165) is 17.7 Å². The fraction of sp³-hybridized carbons (Fsp3) is 0.435. The number of nitrogens with one attached hydrogen (secondary N) is 1. The van der Waals surface area contributed by atoms with E-state index in [1.807, 2.05) is 18.2 Å². The van der Waals surface area contributed by atoms with E-state index in [4.69, 9.17) is 5.73 Å². The average Bonchev–Trinajstić information content (AvgIpc) is 2.61. The normalized spacial score (nSPS) is 17.2. The largest absolute Gasteiger partial charge is 0.369 e. The third-order valence-electron chi connectivity index (χ3n) is 5.53. The lowest BCUT2D eigenvalue weighted by Gasteiger charge is -2.34. The molecule has 2 aromatic carbocycles. The molecular weight excluding hydrogens is 320 g/mol. The van der Waals surface area contributed by atoms with Crippen LogP contribution in [0.5, 0.6) is 0 Å². The SMILES string of the molecule is CC1(C)CCC(NCc2ccc(-c3cccc(CC(N)=O)c3)cc2)CC1. The molecule has 1 fully saturated rings. The van der Waals surface area contributed by atoms with Gasteiger partial charge in [0.2, 0.25) is 5.91 Å². The maximum Gasteiger partial charge on any atom is 0.221 e. The predicted octanol–water partition coefficient (Wildman–Crippen LogP) is 4.44. The standard InChI is InChI=1S/C23H30N2O/c1-23(2)12-10-21(11-13-23)25-16-17-6-8-19(9-7-17)20-5-3-4-18(14-20)15-22(24)26/h3-9,14,21,25H,10-13,15-16H2,1-2H3,(H2,24,26). The predicted molar refractivity (Wildman–Crippen MR) is 108 cm³/mol. The van der Waals surface area contributed by atoms with E-state index in [-0.39, 0.29) is 12.3 Å². The van der Waals surface area contributed by atoms with Crippen molar-refractivity contribution in [2.45, 2.75) is 58.5 Å². The first-order valence-electron chi connectivity index (χ1n) is 9.61. The lowest BCUT2D eigenvalue weighted by Crippen LogP contribution is -2.35. The number of primary amides is 1. The summed E-state index contributed by atoms with van der Waals surface area (Å²) < 4.78 is 0. The Morgan fingerprint density at radius 2 is 1.73 bits per heavy atom. The third-order valence-corrected chi connectivity index (χ3v) is 5.53. The van der Waals surface area contributed by atoms with Gasteiger partial charge in [0.1, 0.15) is 0 Å². The minimum Gasteiger partial charge on any atom is -0.369 e. The fourth-order valence-corrected chi connectivity index (χ4v) is 3.74. The van der Waals surface area contributed by atoms with Crippen LogP contribution in [0.1, 0.15) is 50.7 Å². The number of benzene rings is 2. The molecule has 0 heterocycles. The maximum atomic E-state index is 11.1. The van der Waals surface area contributed by atoms with E-state index in [1.165, 1.54) is 36.8 Å². The lowest BCUT2D eigenvalue weighted by molar-refractivity contribution is -0.117. The molecule has 1 aliphatic carbocycles. The van der Waals surface area contributed by atoms with Crippen molar-refractivity contribution in [3.05, 3.63) is 59.7 Å². The molecule has 0 radical (unpaired) electrons. The molecule has 1 aliphatic rings. The van der Waals surface area contributed by atoms with Gasteiger partial charge in [-0.1, -0.05) is 62.4 Å². The van der Waals surface area contributed by atoms with E-state index in [9.17, 15) is 4.79 Å². The van der Waals surface area contributed by atoms with Crippen molar-refractivity contribution >= 4 is 5.91 Å². The minimum absolute atomic E-state index is 0.286. The van der Waals surface area contributed by atoms with Crippen molar-refractivity contribution in [1.82, 2.24) is 5.32 Å². The first kappa shape index (κ1) is 18.7. The number of hydrogen-bond donors (Lipinski definition) is 2. The molecule has 0 saturated heterocycles. The van der Waals surface area contributed by atoms with E-state index in [1.54, 1.807) is 0 Å². The monoisotopic (exact) mass is 350 g/mol. The first-order chi connectivity index (χ1) is 12.4. The Morgan fingerprint density at radius 3 is 2.38 bits per heavy atom. The molecule has 0 aliphatic heterocycles.